The lowest BCUT2D eigenvalue weighted by atomic mass is 10.0. The summed E-state index contributed by atoms with van der Waals surface area (Å²) in [5, 5.41) is 13.3. The first-order valence-electron chi connectivity index (χ1n) is 9.11. The number of carbonyl (C=O) groups excluding carboxylic acids is 2. The normalized spacial score (nSPS) is 12.8. The Bertz CT molecular complexity index is 904. The average molecular weight is 445 g/mol. The highest BCUT2D eigenvalue weighted by Gasteiger charge is 2.30. The highest BCUT2D eigenvalue weighted by atomic mass is 32.2. The van der Waals surface area contributed by atoms with Gasteiger partial charge in [0.25, 0.3) is 0 Å². The van der Waals surface area contributed by atoms with Gasteiger partial charge >= 0.3 is 18.2 Å². The topological polar surface area (TPSA) is 148 Å². The van der Waals surface area contributed by atoms with Gasteiger partial charge in [0.1, 0.15) is 5.60 Å². The Balaban J connectivity index is 3.55. The Labute approximate surface area is 175 Å². The van der Waals surface area contributed by atoms with Gasteiger partial charge in [-0.1, -0.05) is 0 Å². The molecule has 1 aromatic rings. The summed E-state index contributed by atoms with van der Waals surface area (Å²) in [4.78, 5) is 35.1. The number of carboxylic acids is 1. The molecule has 1 atom stereocenters. The molecule has 1 rings (SSSR count). The lowest BCUT2D eigenvalue weighted by Gasteiger charge is -2.25. The first-order chi connectivity index (χ1) is 13.7. The van der Waals surface area contributed by atoms with Crippen molar-refractivity contribution in [3.63, 3.8) is 0 Å². The van der Waals surface area contributed by atoms with Crippen molar-refractivity contribution >= 4 is 33.7 Å². The molecule has 0 radical (unpaired) electrons. The smallest absolute Gasteiger partial charge is 0.411 e. The second-order valence-electron chi connectivity index (χ2n) is 7.76. The van der Waals surface area contributed by atoms with Crippen LogP contribution in [0.1, 0.15) is 52.6 Å². The number of nitrogens with one attached hydrogen (secondary N) is 2. The van der Waals surface area contributed by atoms with E-state index in [1.807, 2.05) is 0 Å². The number of sulfone groups is 1. The summed E-state index contributed by atoms with van der Waals surface area (Å²) in [7, 11) is -2.68. The predicted octanol–water partition coefficient (Wildman–Crippen LogP) is 3.09. The Morgan fingerprint density at radius 1 is 1.13 bits per heavy atom. The number of rotatable bonds is 7. The van der Waals surface area contributed by atoms with Crippen LogP contribution in [-0.4, -0.2) is 49.6 Å². The quantitative estimate of drug-likeness (QED) is 0.581. The zero-order chi connectivity index (χ0) is 23.3. The standard InChI is InChI=1S/C19H28N2O8S/c1-11(2)30(26,27)15-8-7-12(20-17(24)28-6)9-13(15)14(10-16(22)23)21-18(25)29-19(3,4)5/h7-9,11,14H,10H2,1-6H3,(H,20,24)(H,21,25)(H,22,23). The average Bonchev–Trinajstić information content (AvgIpc) is 2.58. The van der Waals surface area contributed by atoms with Gasteiger partial charge in [0.15, 0.2) is 9.84 Å². The first-order valence-corrected chi connectivity index (χ1v) is 10.7. The van der Waals surface area contributed by atoms with Crippen molar-refractivity contribution in [2.24, 2.45) is 0 Å². The number of amides is 2. The third kappa shape index (κ3) is 7.21. The third-order valence-electron chi connectivity index (χ3n) is 3.81. The number of carbonyl (C=O) groups is 3. The summed E-state index contributed by atoms with van der Waals surface area (Å²) in [5.41, 5.74) is -0.675. The van der Waals surface area contributed by atoms with E-state index in [-0.39, 0.29) is 16.1 Å². The number of anilines is 1. The minimum absolute atomic E-state index is 0.00543. The molecule has 0 fully saturated rings. The maximum atomic E-state index is 12.8. The van der Waals surface area contributed by atoms with Gasteiger partial charge in [-0.15, -0.1) is 0 Å². The van der Waals surface area contributed by atoms with Gasteiger partial charge in [-0.05, 0) is 58.4 Å². The molecule has 0 bridgehead atoms. The van der Waals surface area contributed by atoms with E-state index in [9.17, 15) is 27.9 Å². The van der Waals surface area contributed by atoms with Gasteiger partial charge < -0.3 is 19.9 Å². The van der Waals surface area contributed by atoms with E-state index in [4.69, 9.17) is 4.74 Å². The second-order valence-corrected chi connectivity index (χ2v) is 10.2. The van der Waals surface area contributed by atoms with Gasteiger partial charge in [0.2, 0.25) is 0 Å². The van der Waals surface area contributed by atoms with Crippen molar-refractivity contribution in [1.82, 2.24) is 5.32 Å². The zero-order valence-electron chi connectivity index (χ0n) is 17.8. The van der Waals surface area contributed by atoms with Crippen molar-refractivity contribution in [3.8, 4) is 0 Å². The number of alkyl carbamates (subject to hydrolysis) is 1. The molecule has 1 aromatic carbocycles. The highest BCUT2D eigenvalue weighted by Crippen LogP contribution is 2.31. The number of hydrogen-bond acceptors (Lipinski definition) is 7. The Hall–Kier alpha value is -2.82. The summed E-state index contributed by atoms with van der Waals surface area (Å²) in [6.07, 6.45) is -2.31. The van der Waals surface area contributed by atoms with Crippen LogP contribution in [0.2, 0.25) is 0 Å². The number of methoxy groups -OCH3 is 1. The van der Waals surface area contributed by atoms with Crippen LogP contribution in [0.5, 0.6) is 0 Å². The molecule has 3 N–H and O–H groups in total. The number of hydrogen-bond donors (Lipinski definition) is 3. The summed E-state index contributed by atoms with van der Waals surface area (Å²) >= 11 is 0. The van der Waals surface area contributed by atoms with Crippen molar-refractivity contribution in [2.45, 2.75) is 62.8 Å². The minimum atomic E-state index is -3.84. The van der Waals surface area contributed by atoms with Crippen molar-refractivity contribution in [3.05, 3.63) is 23.8 Å². The molecule has 2 amide bonds. The molecular formula is C19H28N2O8S. The molecule has 10 nitrogen and oxygen atoms in total. The monoisotopic (exact) mass is 444 g/mol. The second kappa shape index (κ2) is 9.79. The number of ether oxygens (including phenoxy) is 2. The van der Waals surface area contributed by atoms with E-state index in [1.54, 1.807) is 20.8 Å². The van der Waals surface area contributed by atoms with Crippen LogP contribution in [0.3, 0.4) is 0 Å². The Morgan fingerprint density at radius 2 is 1.73 bits per heavy atom. The van der Waals surface area contributed by atoms with Crippen LogP contribution in [0.25, 0.3) is 0 Å². The number of carboxylic acid groups (broad SMARTS) is 1. The summed E-state index contributed by atoms with van der Waals surface area (Å²) in [5.74, 6) is -1.27. The lowest BCUT2D eigenvalue weighted by molar-refractivity contribution is -0.137. The fraction of sp³-hybridized carbons (Fsp3) is 0.526. The molecule has 0 saturated heterocycles. The molecule has 168 valence electrons. The van der Waals surface area contributed by atoms with Gasteiger partial charge in [-0.3, -0.25) is 10.1 Å². The molecule has 11 heteroatoms. The molecule has 0 aliphatic carbocycles. The SMILES string of the molecule is COC(=O)Nc1ccc(S(=O)(=O)C(C)C)c(C(CC(=O)O)NC(=O)OC(C)(C)C)c1. The van der Waals surface area contributed by atoms with Crippen LogP contribution in [0, 0.1) is 0 Å². The fourth-order valence-electron chi connectivity index (χ4n) is 2.44. The van der Waals surface area contributed by atoms with E-state index in [0.717, 1.165) is 7.11 Å². The van der Waals surface area contributed by atoms with Crippen LogP contribution >= 0.6 is 0 Å². The van der Waals surface area contributed by atoms with Crippen LogP contribution < -0.4 is 10.6 Å². The molecule has 0 heterocycles. The van der Waals surface area contributed by atoms with Gasteiger partial charge in [-0.25, -0.2) is 18.0 Å². The van der Waals surface area contributed by atoms with E-state index in [2.05, 4.69) is 15.4 Å². The van der Waals surface area contributed by atoms with Gasteiger partial charge in [0.05, 0.1) is 29.7 Å². The summed E-state index contributed by atoms with van der Waals surface area (Å²) in [6.45, 7) is 7.86. The highest BCUT2D eigenvalue weighted by molar-refractivity contribution is 7.92. The maximum Gasteiger partial charge on any atom is 0.411 e. The van der Waals surface area contributed by atoms with Crippen molar-refractivity contribution < 1.29 is 37.4 Å². The minimum Gasteiger partial charge on any atom is -0.481 e. The van der Waals surface area contributed by atoms with E-state index < -0.39 is 51.3 Å². The Kier molecular flexibility index (Phi) is 8.23. The largest absolute Gasteiger partial charge is 0.481 e. The molecule has 1 unspecified atom stereocenters. The first kappa shape index (κ1) is 25.2. The van der Waals surface area contributed by atoms with Crippen LogP contribution in [-0.2, 0) is 24.1 Å². The number of benzene rings is 1. The summed E-state index contributed by atoms with van der Waals surface area (Å²) < 4.78 is 35.4. The lowest BCUT2D eigenvalue weighted by Crippen LogP contribution is -2.36. The Morgan fingerprint density at radius 3 is 2.20 bits per heavy atom. The van der Waals surface area contributed by atoms with E-state index in [0.29, 0.717) is 0 Å². The van der Waals surface area contributed by atoms with Crippen molar-refractivity contribution in [2.75, 3.05) is 12.4 Å². The van der Waals surface area contributed by atoms with Gasteiger partial charge in [0, 0.05) is 5.69 Å². The zero-order valence-corrected chi connectivity index (χ0v) is 18.6. The number of aliphatic carboxylic acids is 1. The maximum absolute atomic E-state index is 12.8. The third-order valence-corrected chi connectivity index (χ3v) is 6.04. The molecule has 30 heavy (non-hydrogen) atoms. The van der Waals surface area contributed by atoms with E-state index >= 15 is 0 Å². The van der Waals surface area contributed by atoms with Crippen molar-refractivity contribution in [1.29, 1.82) is 0 Å². The van der Waals surface area contributed by atoms with Crippen LogP contribution in [0.4, 0.5) is 15.3 Å². The van der Waals surface area contributed by atoms with Crippen LogP contribution in [0.15, 0.2) is 23.1 Å². The predicted molar refractivity (Wildman–Crippen MR) is 109 cm³/mol. The molecule has 0 spiro atoms. The molecule has 0 aliphatic rings. The van der Waals surface area contributed by atoms with Gasteiger partial charge in [-0.2, -0.15) is 0 Å². The molecule has 0 saturated carbocycles. The molecule has 0 aromatic heterocycles. The van der Waals surface area contributed by atoms with E-state index in [1.165, 1.54) is 32.0 Å². The molecule has 0 aliphatic heterocycles. The summed E-state index contributed by atoms with van der Waals surface area (Å²) in [6, 6.07) is 2.65. The fourth-order valence-corrected chi connectivity index (χ4v) is 3.74. The molecular weight excluding hydrogens is 416 g/mol.